The van der Waals surface area contributed by atoms with E-state index in [1.807, 2.05) is 30.0 Å². The van der Waals surface area contributed by atoms with Gasteiger partial charge in [-0.25, -0.2) is 0 Å². The second kappa shape index (κ2) is 5.33. The number of hydrogen-bond acceptors (Lipinski definition) is 2. The molecule has 0 radical (unpaired) electrons. The van der Waals surface area contributed by atoms with Gasteiger partial charge in [-0.1, -0.05) is 51.1 Å². The van der Waals surface area contributed by atoms with Crippen LogP contribution in [-0.4, -0.2) is 23.6 Å². The van der Waals surface area contributed by atoms with Gasteiger partial charge in [0.15, 0.2) is 0 Å². The van der Waals surface area contributed by atoms with Crippen LogP contribution in [-0.2, 0) is 9.53 Å². The van der Waals surface area contributed by atoms with E-state index >= 15 is 0 Å². The van der Waals surface area contributed by atoms with Crippen LogP contribution in [0.3, 0.4) is 0 Å². The third kappa shape index (κ3) is 3.57. The van der Waals surface area contributed by atoms with Crippen molar-refractivity contribution in [3.8, 4) is 0 Å². The Morgan fingerprint density at radius 1 is 1.32 bits per heavy atom. The minimum absolute atomic E-state index is 0.000110. The van der Waals surface area contributed by atoms with Crippen molar-refractivity contribution in [1.29, 1.82) is 0 Å². The lowest BCUT2D eigenvalue weighted by atomic mass is 9.91. The minimum atomic E-state index is -0.139. The van der Waals surface area contributed by atoms with Gasteiger partial charge in [-0.3, -0.25) is 4.79 Å². The Morgan fingerprint density at radius 3 is 2.53 bits per heavy atom. The number of benzene rings is 1. The Balaban J connectivity index is 2.04. The molecule has 1 aliphatic rings. The lowest BCUT2D eigenvalue weighted by Crippen LogP contribution is -2.36. The van der Waals surface area contributed by atoms with Gasteiger partial charge >= 0.3 is 0 Å². The smallest absolute Gasteiger partial charge is 0.225 e. The monoisotopic (exact) mass is 261 g/mol. The van der Waals surface area contributed by atoms with Crippen molar-refractivity contribution in [2.75, 3.05) is 6.54 Å². The van der Waals surface area contributed by atoms with Crippen LogP contribution < -0.4 is 0 Å². The zero-order chi connectivity index (χ0) is 14.0. The lowest BCUT2D eigenvalue weighted by Gasteiger charge is -2.24. The van der Waals surface area contributed by atoms with Crippen molar-refractivity contribution < 1.29 is 9.53 Å². The summed E-state index contributed by atoms with van der Waals surface area (Å²) in [6.45, 7) is 8.85. The maximum Gasteiger partial charge on any atom is 0.225 e. The first-order valence-electron chi connectivity index (χ1n) is 6.87. The molecule has 1 aromatic carbocycles. The maximum absolute atomic E-state index is 12.3. The van der Waals surface area contributed by atoms with E-state index in [0.717, 1.165) is 5.56 Å². The maximum atomic E-state index is 12.3. The Bertz CT molecular complexity index is 436. The minimum Gasteiger partial charge on any atom is -0.349 e. The van der Waals surface area contributed by atoms with E-state index < -0.39 is 0 Å². The fourth-order valence-electron chi connectivity index (χ4n) is 2.39. The van der Waals surface area contributed by atoms with Gasteiger partial charge < -0.3 is 9.64 Å². The zero-order valence-corrected chi connectivity index (χ0v) is 12.2. The molecule has 1 fully saturated rings. The summed E-state index contributed by atoms with van der Waals surface area (Å²) in [5.74, 6) is 0.179. The molecule has 0 bridgehead atoms. The normalized spacial score (nSPS) is 23.7. The molecule has 0 saturated carbocycles. The average Bonchev–Trinajstić information content (AvgIpc) is 2.70. The van der Waals surface area contributed by atoms with Gasteiger partial charge in [0, 0.05) is 6.42 Å². The Kier molecular flexibility index (Phi) is 3.95. The van der Waals surface area contributed by atoms with Gasteiger partial charge in [-0.2, -0.15) is 0 Å². The van der Waals surface area contributed by atoms with Crippen LogP contribution in [0.1, 0.15) is 45.8 Å². The molecular weight excluding hydrogens is 238 g/mol. The second-order valence-corrected chi connectivity index (χ2v) is 6.42. The summed E-state index contributed by atoms with van der Waals surface area (Å²) >= 11 is 0. The molecule has 2 unspecified atom stereocenters. The molecule has 0 N–H and O–H groups in total. The molecule has 2 rings (SSSR count). The fraction of sp³-hybridized carbons (Fsp3) is 0.562. The van der Waals surface area contributed by atoms with E-state index in [0.29, 0.717) is 13.0 Å². The molecule has 0 aromatic heterocycles. The highest BCUT2D eigenvalue weighted by atomic mass is 16.5. The van der Waals surface area contributed by atoms with E-state index in [2.05, 4.69) is 32.9 Å². The molecule has 0 aliphatic carbocycles. The highest BCUT2D eigenvalue weighted by Crippen LogP contribution is 2.30. The van der Waals surface area contributed by atoms with Crippen LogP contribution in [0.25, 0.3) is 0 Å². The van der Waals surface area contributed by atoms with E-state index in [4.69, 9.17) is 4.74 Å². The van der Waals surface area contributed by atoms with Gasteiger partial charge in [0.2, 0.25) is 5.91 Å². The average molecular weight is 261 g/mol. The summed E-state index contributed by atoms with van der Waals surface area (Å²) in [5, 5.41) is 0. The Hall–Kier alpha value is -1.35. The molecule has 3 heteroatoms. The summed E-state index contributed by atoms with van der Waals surface area (Å²) < 4.78 is 5.90. The standard InChI is InChI=1S/C16H23NO2/c1-12-17(15(18)10-16(2,3)4)11-14(19-12)13-8-6-5-7-9-13/h5-9,12,14H,10-11H2,1-4H3. The van der Waals surface area contributed by atoms with Crippen molar-refractivity contribution in [3.63, 3.8) is 0 Å². The van der Waals surface area contributed by atoms with Gasteiger partial charge in [0.25, 0.3) is 0 Å². The van der Waals surface area contributed by atoms with E-state index in [-0.39, 0.29) is 23.7 Å². The number of carbonyl (C=O) groups excluding carboxylic acids is 1. The molecule has 1 aromatic rings. The largest absolute Gasteiger partial charge is 0.349 e. The quantitative estimate of drug-likeness (QED) is 0.817. The first-order valence-corrected chi connectivity index (χ1v) is 6.87. The Labute approximate surface area is 115 Å². The molecule has 3 nitrogen and oxygen atoms in total. The van der Waals surface area contributed by atoms with Crippen LogP contribution in [0.4, 0.5) is 0 Å². The molecule has 2 atom stereocenters. The van der Waals surface area contributed by atoms with Crippen molar-refractivity contribution in [2.45, 2.75) is 46.4 Å². The van der Waals surface area contributed by atoms with Crippen molar-refractivity contribution in [3.05, 3.63) is 35.9 Å². The van der Waals surface area contributed by atoms with E-state index in [1.54, 1.807) is 0 Å². The molecular formula is C16H23NO2. The zero-order valence-electron chi connectivity index (χ0n) is 12.2. The summed E-state index contributed by atoms with van der Waals surface area (Å²) in [6, 6.07) is 10.1. The molecule has 1 aliphatic heterocycles. The second-order valence-electron chi connectivity index (χ2n) is 6.42. The fourth-order valence-corrected chi connectivity index (χ4v) is 2.39. The van der Waals surface area contributed by atoms with Crippen LogP contribution >= 0.6 is 0 Å². The third-order valence-electron chi connectivity index (χ3n) is 3.34. The summed E-state index contributed by atoms with van der Waals surface area (Å²) in [5.41, 5.74) is 1.15. The summed E-state index contributed by atoms with van der Waals surface area (Å²) in [7, 11) is 0. The highest BCUT2D eigenvalue weighted by Gasteiger charge is 2.35. The number of carbonyl (C=O) groups is 1. The lowest BCUT2D eigenvalue weighted by molar-refractivity contribution is -0.137. The molecule has 19 heavy (non-hydrogen) atoms. The van der Waals surface area contributed by atoms with Crippen LogP contribution in [0, 0.1) is 5.41 Å². The number of ether oxygens (including phenoxy) is 1. The van der Waals surface area contributed by atoms with Gasteiger partial charge in [0.05, 0.1) is 6.54 Å². The molecule has 1 amide bonds. The van der Waals surface area contributed by atoms with Crippen molar-refractivity contribution in [2.24, 2.45) is 5.41 Å². The highest BCUT2D eigenvalue weighted by molar-refractivity contribution is 5.77. The molecule has 1 heterocycles. The summed E-state index contributed by atoms with van der Waals surface area (Å²) in [4.78, 5) is 14.1. The number of rotatable bonds is 2. The number of nitrogens with zero attached hydrogens (tertiary/aromatic N) is 1. The Morgan fingerprint density at radius 2 is 1.95 bits per heavy atom. The van der Waals surface area contributed by atoms with Gasteiger partial charge in [-0.15, -0.1) is 0 Å². The number of hydrogen-bond donors (Lipinski definition) is 0. The van der Waals surface area contributed by atoms with Crippen molar-refractivity contribution in [1.82, 2.24) is 4.90 Å². The summed E-state index contributed by atoms with van der Waals surface area (Å²) in [6.07, 6.45) is 0.419. The first kappa shape index (κ1) is 14.1. The first-order chi connectivity index (χ1) is 8.87. The predicted molar refractivity (Wildman–Crippen MR) is 75.5 cm³/mol. The topological polar surface area (TPSA) is 29.5 Å². The van der Waals surface area contributed by atoms with E-state index in [1.165, 1.54) is 0 Å². The third-order valence-corrected chi connectivity index (χ3v) is 3.34. The molecule has 104 valence electrons. The van der Waals surface area contributed by atoms with E-state index in [9.17, 15) is 4.79 Å². The van der Waals surface area contributed by atoms with Crippen LogP contribution in [0.5, 0.6) is 0 Å². The SMILES string of the molecule is CC1OC(c2ccccc2)CN1C(=O)CC(C)(C)C. The van der Waals surface area contributed by atoms with Crippen LogP contribution in [0.15, 0.2) is 30.3 Å². The molecule has 1 saturated heterocycles. The number of amides is 1. The van der Waals surface area contributed by atoms with Crippen LogP contribution in [0.2, 0.25) is 0 Å². The molecule has 0 spiro atoms. The van der Waals surface area contributed by atoms with Gasteiger partial charge in [-0.05, 0) is 17.9 Å². The van der Waals surface area contributed by atoms with Gasteiger partial charge in [0.1, 0.15) is 12.3 Å². The van der Waals surface area contributed by atoms with Crippen molar-refractivity contribution >= 4 is 5.91 Å². The predicted octanol–water partition coefficient (Wildman–Crippen LogP) is 3.37.